The first-order valence-electron chi connectivity index (χ1n) is 10.7. The second-order valence-electron chi connectivity index (χ2n) is 8.46. The number of imide groups is 1. The highest BCUT2D eigenvalue weighted by atomic mass is 19.1. The molecular formula is C23H22FN3O5. The van der Waals surface area contributed by atoms with E-state index in [1.807, 2.05) is 0 Å². The van der Waals surface area contributed by atoms with Gasteiger partial charge in [0.25, 0.3) is 11.8 Å². The summed E-state index contributed by atoms with van der Waals surface area (Å²) in [6, 6.07) is 5.25. The summed E-state index contributed by atoms with van der Waals surface area (Å²) in [6.07, 6.45) is 3.15. The molecule has 2 fully saturated rings. The number of piperidine rings is 2. The van der Waals surface area contributed by atoms with E-state index in [0.29, 0.717) is 31.7 Å². The molecule has 1 aromatic carbocycles. The fraction of sp³-hybridized carbons (Fsp3) is 0.391. The number of nitrogens with zero attached hydrogens (tertiary/aromatic N) is 2. The second kappa shape index (κ2) is 7.89. The number of rotatable bonds is 3. The zero-order chi connectivity index (χ0) is 22.4. The number of carbonyl (C=O) groups is 4. The maximum atomic E-state index is 14.5. The van der Waals surface area contributed by atoms with Crippen molar-refractivity contribution in [2.45, 2.75) is 44.2 Å². The minimum atomic E-state index is -0.740. The van der Waals surface area contributed by atoms with Crippen LogP contribution in [0.5, 0.6) is 0 Å². The molecule has 1 unspecified atom stereocenters. The molecular weight excluding hydrogens is 417 g/mol. The molecule has 1 N–H and O–H groups in total. The first kappa shape index (κ1) is 20.4. The number of halogens is 1. The number of hydrogen-bond acceptors (Lipinski definition) is 5. The molecule has 4 heterocycles. The fourth-order valence-electron chi connectivity index (χ4n) is 4.97. The van der Waals surface area contributed by atoms with Gasteiger partial charge in [0, 0.05) is 31.6 Å². The number of fused-ring (bicyclic) bond motifs is 1. The van der Waals surface area contributed by atoms with E-state index in [9.17, 15) is 23.6 Å². The zero-order valence-electron chi connectivity index (χ0n) is 17.3. The maximum Gasteiger partial charge on any atom is 0.289 e. The summed E-state index contributed by atoms with van der Waals surface area (Å²) >= 11 is 0. The van der Waals surface area contributed by atoms with Crippen LogP contribution in [0.25, 0.3) is 0 Å². The van der Waals surface area contributed by atoms with Crippen molar-refractivity contribution in [2.75, 3.05) is 13.1 Å². The van der Waals surface area contributed by atoms with E-state index in [1.54, 1.807) is 17.0 Å². The lowest BCUT2D eigenvalue weighted by Gasteiger charge is -2.33. The van der Waals surface area contributed by atoms with E-state index in [1.165, 1.54) is 23.3 Å². The normalized spacial score (nSPS) is 21.7. The number of furan rings is 1. The average Bonchev–Trinajstić information content (AvgIpc) is 3.42. The third kappa shape index (κ3) is 3.47. The van der Waals surface area contributed by atoms with Crippen LogP contribution in [0.3, 0.4) is 0 Å². The molecule has 1 aromatic heterocycles. The SMILES string of the molecule is O=C1CCC(N2Cc3c(cc(F)cc3C3CCN(C(=O)c4ccco4)CC3)C2=O)C(=O)N1. The van der Waals surface area contributed by atoms with Crippen LogP contribution in [0.15, 0.2) is 34.9 Å². The second-order valence-corrected chi connectivity index (χ2v) is 8.46. The molecule has 0 saturated carbocycles. The Kier molecular flexibility index (Phi) is 5.03. The van der Waals surface area contributed by atoms with Crippen molar-refractivity contribution in [3.63, 3.8) is 0 Å². The Labute approximate surface area is 183 Å². The Balaban J connectivity index is 1.35. The molecule has 0 aliphatic carbocycles. The molecule has 3 aliphatic rings. The van der Waals surface area contributed by atoms with Crippen LogP contribution < -0.4 is 5.32 Å². The Bertz CT molecular complexity index is 1110. The molecule has 0 bridgehead atoms. The summed E-state index contributed by atoms with van der Waals surface area (Å²) in [6.45, 7) is 1.21. The fourth-order valence-corrected chi connectivity index (χ4v) is 4.97. The quantitative estimate of drug-likeness (QED) is 0.739. The number of nitrogens with one attached hydrogen (secondary N) is 1. The van der Waals surface area contributed by atoms with Crippen molar-refractivity contribution in [1.82, 2.24) is 15.1 Å². The van der Waals surface area contributed by atoms with Gasteiger partial charge in [-0.05, 0) is 60.6 Å². The van der Waals surface area contributed by atoms with E-state index in [2.05, 4.69) is 5.32 Å². The molecule has 5 rings (SSSR count). The Hall–Kier alpha value is -3.49. The van der Waals surface area contributed by atoms with E-state index < -0.39 is 17.8 Å². The molecule has 0 radical (unpaired) electrons. The van der Waals surface area contributed by atoms with Gasteiger partial charge in [-0.3, -0.25) is 24.5 Å². The van der Waals surface area contributed by atoms with Crippen LogP contribution in [-0.2, 0) is 16.1 Å². The molecule has 2 aromatic rings. The highest BCUT2D eigenvalue weighted by molar-refractivity contribution is 6.05. The van der Waals surface area contributed by atoms with Crippen molar-refractivity contribution < 1.29 is 28.0 Å². The lowest BCUT2D eigenvalue weighted by molar-refractivity contribution is -0.136. The van der Waals surface area contributed by atoms with Crippen LogP contribution >= 0.6 is 0 Å². The predicted octanol–water partition coefficient (Wildman–Crippen LogP) is 2.20. The van der Waals surface area contributed by atoms with Gasteiger partial charge in [0.2, 0.25) is 11.8 Å². The maximum absolute atomic E-state index is 14.5. The van der Waals surface area contributed by atoms with Gasteiger partial charge in [0.15, 0.2) is 5.76 Å². The molecule has 0 spiro atoms. The van der Waals surface area contributed by atoms with E-state index >= 15 is 0 Å². The third-order valence-corrected chi connectivity index (χ3v) is 6.61. The van der Waals surface area contributed by atoms with Gasteiger partial charge in [-0.2, -0.15) is 0 Å². The lowest BCUT2D eigenvalue weighted by Crippen LogP contribution is -2.52. The van der Waals surface area contributed by atoms with Crippen LogP contribution in [0, 0.1) is 5.82 Å². The molecule has 4 amide bonds. The van der Waals surface area contributed by atoms with Crippen molar-refractivity contribution in [3.05, 3.63) is 58.8 Å². The van der Waals surface area contributed by atoms with Crippen LogP contribution in [0.1, 0.15) is 63.6 Å². The Morgan fingerprint density at radius 3 is 2.59 bits per heavy atom. The van der Waals surface area contributed by atoms with Crippen LogP contribution in [0.2, 0.25) is 0 Å². The third-order valence-electron chi connectivity index (χ3n) is 6.61. The van der Waals surface area contributed by atoms with Crippen molar-refractivity contribution in [2.24, 2.45) is 0 Å². The molecule has 1 atom stereocenters. The van der Waals surface area contributed by atoms with Crippen LogP contribution in [-0.4, -0.2) is 52.6 Å². The largest absolute Gasteiger partial charge is 0.459 e. The summed E-state index contributed by atoms with van der Waals surface area (Å²) in [7, 11) is 0. The molecule has 166 valence electrons. The monoisotopic (exact) mass is 439 g/mol. The van der Waals surface area contributed by atoms with E-state index in [-0.39, 0.29) is 48.6 Å². The average molecular weight is 439 g/mol. The zero-order valence-corrected chi connectivity index (χ0v) is 17.3. The van der Waals surface area contributed by atoms with E-state index in [0.717, 1.165) is 11.1 Å². The first-order valence-corrected chi connectivity index (χ1v) is 10.7. The smallest absolute Gasteiger partial charge is 0.289 e. The summed E-state index contributed by atoms with van der Waals surface area (Å²) in [5, 5.41) is 2.28. The van der Waals surface area contributed by atoms with Crippen molar-refractivity contribution >= 4 is 23.6 Å². The Morgan fingerprint density at radius 2 is 1.91 bits per heavy atom. The molecule has 8 nitrogen and oxygen atoms in total. The van der Waals surface area contributed by atoms with Gasteiger partial charge in [-0.15, -0.1) is 0 Å². The minimum absolute atomic E-state index is 0.00499. The van der Waals surface area contributed by atoms with Gasteiger partial charge in [0.05, 0.1) is 6.26 Å². The highest BCUT2D eigenvalue weighted by Crippen LogP contribution is 2.38. The summed E-state index contributed by atoms with van der Waals surface area (Å²) < 4.78 is 19.7. The standard InChI is InChI=1S/C23H22FN3O5/c24-14-10-15(13-5-7-26(8-6-13)23(31)19-2-1-9-32-19)17-12-27(22(30)16(17)11-14)18-3-4-20(28)25-21(18)29/h1-2,9-11,13,18H,3-8,12H2,(H,25,28,29). The van der Waals surface area contributed by atoms with E-state index in [4.69, 9.17) is 4.42 Å². The number of carbonyl (C=O) groups excluding carboxylic acids is 4. The van der Waals surface area contributed by atoms with Gasteiger partial charge >= 0.3 is 0 Å². The van der Waals surface area contributed by atoms with Gasteiger partial charge in [0.1, 0.15) is 11.9 Å². The lowest BCUT2D eigenvalue weighted by atomic mass is 9.85. The number of benzene rings is 1. The predicted molar refractivity (Wildman–Crippen MR) is 109 cm³/mol. The van der Waals surface area contributed by atoms with Gasteiger partial charge < -0.3 is 14.2 Å². The van der Waals surface area contributed by atoms with Gasteiger partial charge in [-0.25, -0.2) is 4.39 Å². The Morgan fingerprint density at radius 1 is 1.12 bits per heavy atom. The number of amides is 4. The molecule has 9 heteroatoms. The molecule has 2 saturated heterocycles. The summed E-state index contributed by atoms with van der Waals surface area (Å²) in [5.74, 6) is -1.61. The minimum Gasteiger partial charge on any atom is -0.459 e. The topological polar surface area (TPSA) is 99.9 Å². The molecule has 32 heavy (non-hydrogen) atoms. The van der Waals surface area contributed by atoms with Crippen molar-refractivity contribution in [3.8, 4) is 0 Å². The van der Waals surface area contributed by atoms with Crippen molar-refractivity contribution in [1.29, 1.82) is 0 Å². The first-order chi connectivity index (χ1) is 15.4. The summed E-state index contributed by atoms with van der Waals surface area (Å²) in [4.78, 5) is 52.5. The number of hydrogen-bond donors (Lipinski definition) is 1. The molecule has 3 aliphatic heterocycles. The number of likely N-dealkylation sites (tertiary alicyclic amines) is 1. The highest BCUT2D eigenvalue weighted by Gasteiger charge is 2.41. The van der Waals surface area contributed by atoms with Crippen LogP contribution in [0.4, 0.5) is 4.39 Å². The summed E-state index contributed by atoms with van der Waals surface area (Å²) in [5.41, 5.74) is 1.77. The van der Waals surface area contributed by atoms with Gasteiger partial charge in [-0.1, -0.05) is 0 Å².